The van der Waals surface area contributed by atoms with Crippen LogP contribution in [0.5, 0.6) is 0 Å². The van der Waals surface area contributed by atoms with E-state index in [1.165, 1.54) is 29.2 Å². The predicted molar refractivity (Wildman–Crippen MR) is 140 cm³/mol. The van der Waals surface area contributed by atoms with Gasteiger partial charge in [-0.1, -0.05) is 43.0 Å². The van der Waals surface area contributed by atoms with Crippen LogP contribution in [0.1, 0.15) is 73.7 Å². The number of quaternary nitrogens is 1. The highest BCUT2D eigenvalue weighted by molar-refractivity contribution is 7.83. The summed E-state index contributed by atoms with van der Waals surface area (Å²) in [6.45, 7) is 2.66. The van der Waals surface area contributed by atoms with Gasteiger partial charge in [-0.3, -0.25) is 4.79 Å². The lowest BCUT2D eigenvalue weighted by Crippen LogP contribution is -3.13. The smallest absolute Gasteiger partial charge is 0.163 e. The molecule has 1 aliphatic heterocycles. The first-order chi connectivity index (χ1) is 17.5. The van der Waals surface area contributed by atoms with Crippen LogP contribution in [0.3, 0.4) is 0 Å². The molecule has 3 N–H and O–H groups in total. The molecular weight excluding hydrogens is 519 g/mol. The highest BCUT2D eigenvalue weighted by Gasteiger charge is 2.36. The van der Waals surface area contributed by atoms with Gasteiger partial charge in [-0.25, -0.2) is 17.5 Å². The van der Waals surface area contributed by atoms with E-state index in [2.05, 4.69) is 4.72 Å². The highest BCUT2D eigenvalue weighted by atomic mass is 35.5. The third kappa shape index (κ3) is 10.1. The maximum absolute atomic E-state index is 12.9. The zero-order chi connectivity index (χ0) is 26.9. The van der Waals surface area contributed by atoms with E-state index in [1.807, 2.05) is 24.3 Å². The highest BCUT2D eigenvalue weighted by Crippen LogP contribution is 2.30. The molecule has 10 heteroatoms. The molecule has 0 amide bonds. The number of likely N-dealkylation sites (tertiary alicyclic amines) is 1. The molecule has 37 heavy (non-hydrogen) atoms. The monoisotopic (exact) mass is 554 g/mol. The summed E-state index contributed by atoms with van der Waals surface area (Å²) in [4.78, 5) is 13.5. The van der Waals surface area contributed by atoms with Crippen molar-refractivity contribution in [2.75, 3.05) is 19.6 Å². The molecule has 1 heterocycles. The van der Waals surface area contributed by atoms with Crippen molar-refractivity contribution in [1.29, 1.82) is 0 Å². The number of halogens is 2. The molecule has 1 saturated carbocycles. The van der Waals surface area contributed by atoms with Crippen molar-refractivity contribution in [3.63, 3.8) is 0 Å². The second kappa shape index (κ2) is 13.8. The Bertz CT molecular complexity index is 1100. The van der Waals surface area contributed by atoms with E-state index in [0.717, 1.165) is 63.7 Å². The lowest BCUT2D eigenvalue weighted by molar-refractivity contribution is -0.908. The Kier molecular flexibility index (Phi) is 11.0. The molecule has 2 aromatic carbocycles. The Morgan fingerprint density at radius 2 is 1.65 bits per heavy atom. The number of hydrogen-bond acceptors (Lipinski definition) is 5. The molecule has 0 atom stereocenters. The van der Waals surface area contributed by atoms with Crippen molar-refractivity contribution in [3.05, 3.63) is 70.5 Å². The van der Waals surface area contributed by atoms with Crippen LogP contribution < -0.4 is 9.62 Å². The third-order valence-corrected chi connectivity index (χ3v) is 8.06. The van der Waals surface area contributed by atoms with Gasteiger partial charge >= 0.3 is 0 Å². The average Bonchev–Trinajstić information content (AvgIpc) is 2.86. The molecule has 2 aromatic rings. The first-order valence-electron chi connectivity index (χ1n) is 12.9. The molecule has 204 valence electrons. The van der Waals surface area contributed by atoms with Crippen LogP contribution in [-0.4, -0.2) is 49.5 Å². The quantitative estimate of drug-likeness (QED) is 0.342. The maximum Gasteiger partial charge on any atom is 0.163 e. The van der Waals surface area contributed by atoms with E-state index >= 15 is 0 Å². The fourth-order valence-corrected chi connectivity index (χ4v) is 5.79. The number of hydrogen-bond donors (Lipinski definition) is 3. The summed E-state index contributed by atoms with van der Waals surface area (Å²) in [6.07, 6.45) is 7.48. The zero-order valence-corrected chi connectivity index (χ0v) is 22.5. The van der Waals surface area contributed by atoms with Crippen molar-refractivity contribution in [2.24, 2.45) is 0 Å². The van der Waals surface area contributed by atoms with Gasteiger partial charge in [0.05, 0.1) is 19.6 Å². The number of carbonyl (C=O) groups excluding carboxylic acids is 1. The first-order valence-corrected chi connectivity index (χ1v) is 14.7. The van der Waals surface area contributed by atoms with Gasteiger partial charge < -0.3 is 14.6 Å². The van der Waals surface area contributed by atoms with E-state index in [0.29, 0.717) is 29.8 Å². The molecule has 4 rings (SSSR count). The largest absolute Gasteiger partial charge is 0.735 e. The second-order valence-corrected chi connectivity index (χ2v) is 11.6. The Labute approximate surface area is 223 Å². The van der Waals surface area contributed by atoms with Crippen LogP contribution in [-0.2, 0) is 15.9 Å². The fourth-order valence-electron chi connectivity index (χ4n) is 5.02. The second-order valence-electron chi connectivity index (χ2n) is 9.98. The summed E-state index contributed by atoms with van der Waals surface area (Å²) >= 11 is 5.92. The normalized spacial score (nSPS) is 22.6. The number of aliphatic hydroxyl groups is 1. The summed E-state index contributed by atoms with van der Waals surface area (Å²) in [5.41, 5.74) is 0.711. The molecule has 0 aromatic heterocycles. The van der Waals surface area contributed by atoms with E-state index < -0.39 is 15.9 Å². The number of piperidine rings is 1. The summed E-state index contributed by atoms with van der Waals surface area (Å²) in [5, 5.41) is 11.6. The topological polar surface area (TPSA) is 111 Å². The van der Waals surface area contributed by atoms with Crippen LogP contribution in [0, 0.1) is 5.82 Å². The van der Waals surface area contributed by atoms with Crippen molar-refractivity contribution in [1.82, 2.24) is 4.72 Å². The molecule has 2 aliphatic rings. The third-order valence-electron chi connectivity index (χ3n) is 7.18. The number of nitrogens with one attached hydrogen (secondary N) is 2. The first kappa shape index (κ1) is 29.7. The summed E-state index contributed by atoms with van der Waals surface area (Å²) in [6, 6.07) is 13.0. The van der Waals surface area contributed by atoms with Crippen LogP contribution in [0.25, 0.3) is 0 Å². The summed E-state index contributed by atoms with van der Waals surface area (Å²) < 4.78 is 45.7. The van der Waals surface area contributed by atoms with Gasteiger partial charge in [0.2, 0.25) is 0 Å². The van der Waals surface area contributed by atoms with Gasteiger partial charge in [-0.15, -0.1) is 0 Å². The molecule has 1 aliphatic carbocycles. The summed E-state index contributed by atoms with van der Waals surface area (Å²) in [5.74, 6) is -0.272. The average molecular weight is 555 g/mol. The minimum atomic E-state index is -4.22. The van der Waals surface area contributed by atoms with Gasteiger partial charge in [-0.05, 0) is 54.8 Å². The minimum Gasteiger partial charge on any atom is -0.735 e. The van der Waals surface area contributed by atoms with Crippen LogP contribution >= 0.6 is 11.6 Å². The van der Waals surface area contributed by atoms with E-state index in [1.54, 1.807) is 0 Å². The van der Waals surface area contributed by atoms with Crippen molar-refractivity contribution in [2.45, 2.75) is 69.4 Å². The summed E-state index contributed by atoms with van der Waals surface area (Å²) in [7, 11) is -4.22. The Hall–Kier alpha value is -1.88. The molecule has 0 unspecified atom stereocenters. The van der Waals surface area contributed by atoms with Gasteiger partial charge in [0.15, 0.2) is 16.1 Å². The Morgan fingerprint density at radius 1 is 1.05 bits per heavy atom. The standard InChI is InChI=1S/C21H23ClFNO2.C6H13NO3S/c22-18-7-5-17(6-8-18)21(26)11-14-24(15-12-21)13-1-2-20(25)16-3-9-19(23)10-4-16;8-11(9,10)7-6-4-2-1-3-5-6/h3-10,26H,1-2,11-15H2;6-7H,1-5H2,(H,8,9,10). The molecule has 1 saturated heterocycles. The van der Waals surface area contributed by atoms with Crippen molar-refractivity contribution >= 4 is 27.7 Å². The number of rotatable bonds is 8. The molecule has 2 fully saturated rings. The Morgan fingerprint density at radius 3 is 2.22 bits per heavy atom. The van der Waals surface area contributed by atoms with Crippen LogP contribution in [0.4, 0.5) is 4.39 Å². The number of carbonyl (C=O) groups is 1. The van der Waals surface area contributed by atoms with E-state index in [4.69, 9.17) is 11.6 Å². The molecule has 0 spiro atoms. The van der Waals surface area contributed by atoms with Gasteiger partial charge in [0.1, 0.15) is 11.4 Å². The Balaban J connectivity index is 0.000000289. The fraction of sp³-hybridized carbons (Fsp3) is 0.519. The lowest BCUT2D eigenvalue weighted by Gasteiger charge is -2.36. The number of Topliss-reactive ketones (excluding diaryl/α,β-unsaturated/α-hetero) is 1. The van der Waals surface area contributed by atoms with Crippen molar-refractivity contribution in [3.8, 4) is 0 Å². The molecule has 7 nitrogen and oxygen atoms in total. The van der Waals surface area contributed by atoms with Gasteiger partial charge in [0, 0.05) is 42.3 Å². The molecular formula is C27H36ClFN2O5S. The predicted octanol–water partition coefficient (Wildman–Crippen LogP) is 3.38. The minimum absolute atomic E-state index is 0.0547. The van der Waals surface area contributed by atoms with Gasteiger partial charge in [0.25, 0.3) is 0 Å². The number of ketones is 1. The van der Waals surface area contributed by atoms with Gasteiger partial charge in [-0.2, -0.15) is 0 Å². The van der Waals surface area contributed by atoms with Crippen LogP contribution in [0.15, 0.2) is 48.5 Å². The lowest BCUT2D eigenvalue weighted by atomic mass is 9.84. The van der Waals surface area contributed by atoms with Crippen molar-refractivity contribution < 1.29 is 32.2 Å². The van der Waals surface area contributed by atoms with Crippen LogP contribution in [0.2, 0.25) is 5.02 Å². The van der Waals surface area contributed by atoms with E-state index in [9.17, 15) is 27.3 Å². The zero-order valence-electron chi connectivity index (χ0n) is 20.9. The molecule has 0 bridgehead atoms. The SMILES string of the molecule is O=C(CCC[NH+]1CCC(O)(c2ccc(Cl)cc2)CC1)c1ccc(F)cc1.O=S(=O)([O-])NC1CCCCC1. The maximum atomic E-state index is 12.9. The van der Waals surface area contributed by atoms with E-state index in [-0.39, 0.29) is 17.6 Å². The number of benzene rings is 2. The molecule has 0 radical (unpaired) electrons.